The molecule has 5 nitrogen and oxygen atoms in total. The van der Waals surface area contributed by atoms with Crippen LogP contribution in [0.15, 0.2) is 0 Å². The number of hydrogen-bond acceptors (Lipinski definition) is 4. The van der Waals surface area contributed by atoms with Gasteiger partial charge in [0.05, 0.1) is 6.10 Å². The lowest BCUT2D eigenvalue weighted by atomic mass is 9.42. The third kappa shape index (κ3) is 4.48. The first-order chi connectivity index (χ1) is 17.9. The lowest BCUT2D eigenvalue weighted by Crippen LogP contribution is -2.61. The largest absolute Gasteiger partial charge is 0.481 e. The Kier molecular flexibility index (Phi) is 6.92. The molecular weight excluding hydrogens is 452 g/mol. The van der Waals surface area contributed by atoms with E-state index in [9.17, 15) is 14.7 Å². The predicted octanol–water partition coefficient (Wildman–Crippen LogP) is 6.87. The molecule has 1 aliphatic heterocycles. The summed E-state index contributed by atoms with van der Waals surface area (Å²) < 4.78 is 30.0. The molecule has 5 unspecified atom stereocenters. The summed E-state index contributed by atoms with van der Waals surface area (Å²) in [7, 11) is 0. The molecule has 0 radical (unpaired) electrons. The first kappa shape index (κ1) is 24.1. The van der Waals surface area contributed by atoms with E-state index in [1.54, 1.807) is 6.92 Å². The Hall–Kier alpha value is -0.940. The fourth-order valence-electron chi connectivity index (χ4n) is 10.0. The molecule has 1 saturated heterocycles. The van der Waals surface area contributed by atoms with E-state index >= 15 is 0 Å². The van der Waals surface area contributed by atoms with Gasteiger partial charge in [-0.2, -0.15) is 0 Å². The number of rotatable bonds is 7. The Balaban J connectivity index is 1.40. The highest BCUT2D eigenvalue weighted by Gasteiger charge is 2.65. The van der Waals surface area contributed by atoms with Gasteiger partial charge in [-0.1, -0.05) is 27.7 Å². The highest BCUT2D eigenvalue weighted by molar-refractivity contribution is 5.86. The molecule has 0 aromatic heterocycles. The number of ether oxygens (including phenoxy) is 2. The zero-order chi connectivity index (χ0) is 27.5. The summed E-state index contributed by atoms with van der Waals surface area (Å²) in [6, 6.07) is 0. The average Bonchev–Trinajstić information content (AvgIpc) is 3.20. The van der Waals surface area contributed by atoms with Crippen molar-refractivity contribution in [1.29, 1.82) is 0 Å². The van der Waals surface area contributed by atoms with Crippen molar-refractivity contribution in [2.45, 2.75) is 124 Å². The van der Waals surface area contributed by atoms with Gasteiger partial charge in [0, 0.05) is 27.6 Å². The van der Waals surface area contributed by atoms with Crippen LogP contribution >= 0.6 is 0 Å². The van der Waals surface area contributed by atoms with Crippen molar-refractivity contribution in [2.75, 3.05) is 6.61 Å². The molecule has 0 bridgehead atoms. The van der Waals surface area contributed by atoms with Crippen LogP contribution in [0.3, 0.4) is 0 Å². The van der Waals surface area contributed by atoms with Crippen LogP contribution in [-0.2, 0) is 19.1 Å². The minimum absolute atomic E-state index is 0.00497. The summed E-state index contributed by atoms with van der Waals surface area (Å²) >= 11 is 0. The number of carbonyl (C=O) groups excluding carboxylic acids is 1. The van der Waals surface area contributed by atoms with E-state index in [4.69, 9.17) is 12.2 Å². The summed E-state index contributed by atoms with van der Waals surface area (Å²) in [6.07, 6.45) is 9.20. The van der Waals surface area contributed by atoms with Gasteiger partial charge in [0.1, 0.15) is 5.78 Å². The molecule has 0 aromatic carbocycles. The molecule has 5 rings (SSSR count). The Morgan fingerprint density at radius 2 is 1.86 bits per heavy atom. The normalized spacial score (nSPS) is 48.7. The molecule has 204 valence electrons. The van der Waals surface area contributed by atoms with Crippen molar-refractivity contribution < 1.29 is 26.9 Å². The van der Waals surface area contributed by atoms with E-state index in [1.165, 1.54) is 0 Å². The molecule has 0 spiro atoms. The van der Waals surface area contributed by atoms with E-state index in [-0.39, 0.29) is 53.2 Å². The number of hydrogen-bond donors (Lipinski definition) is 1. The fourth-order valence-corrected chi connectivity index (χ4v) is 10.0. The molecule has 4 aliphatic carbocycles. The first-order valence-electron chi connectivity index (χ1n) is 15.9. The molecule has 5 fully saturated rings. The van der Waals surface area contributed by atoms with Gasteiger partial charge in [-0.25, -0.2) is 0 Å². The van der Waals surface area contributed by atoms with Crippen LogP contribution in [0.4, 0.5) is 0 Å². The zero-order valence-electron chi connectivity index (χ0n) is 25.0. The van der Waals surface area contributed by atoms with E-state index in [0.29, 0.717) is 24.2 Å². The monoisotopic (exact) mass is 504 g/mol. The van der Waals surface area contributed by atoms with Gasteiger partial charge in [0.2, 0.25) is 0 Å². The Labute approximate surface area is 221 Å². The number of fused-ring (bicyclic) bond motifs is 5. The maximum Gasteiger partial charge on any atom is 0.303 e. The molecule has 36 heavy (non-hydrogen) atoms. The van der Waals surface area contributed by atoms with Gasteiger partial charge >= 0.3 is 5.97 Å². The first-order valence-corrected chi connectivity index (χ1v) is 14.9. The highest BCUT2D eigenvalue weighted by atomic mass is 16.7. The number of carbonyl (C=O) groups is 2. The van der Waals surface area contributed by atoms with Gasteiger partial charge in [0.25, 0.3) is 0 Å². The molecular formula is C31H50O5. The van der Waals surface area contributed by atoms with Crippen molar-refractivity contribution >= 4 is 11.8 Å². The van der Waals surface area contributed by atoms with Gasteiger partial charge in [-0.15, -0.1) is 0 Å². The summed E-state index contributed by atoms with van der Waals surface area (Å²) in [5.41, 5.74) is -0.0319. The summed E-state index contributed by atoms with van der Waals surface area (Å²) in [5, 5.41) is 9.25. The number of aliphatic carboxylic acids is 1. The summed E-state index contributed by atoms with van der Waals surface area (Å²) in [4.78, 5) is 25.7. The van der Waals surface area contributed by atoms with Crippen LogP contribution in [0.1, 0.15) is 114 Å². The van der Waals surface area contributed by atoms with E-state index < -0.39 is 18.3 Å². The van der Waals surface area contributed by atoms with Gasteiger partial charge in [-0.3, -0.25) is 9.59 Å². The van der Waals surface area contributed by atoms with Crippen molar-refractivity contribution in [3.05, 3.63) is 0 Å². The average molecular weight is 505 g/mol. The van der Waals surface area contributed by atoms with E-state index in [2.05, 4.69) is 20.8 Å². The van der Waals surface area contributed by atoms with Crippen LogP contribution in [0, 0.1) is 52.3 Å². The highest BCUT2D eigenvalue weighted by Crippen LogP contribution is 2.68. The van der Waals surface area contributed by atoms with Gasteiger partial charge < -0.3 is 14.6 Å². The molecule has 1 N–H and O–H groups in total. The molecule has 0 amide bonds. The van der Waals surface area contributed by atoms with E-state index in [1.807, 2.05) is 0 Å². The Morgan fingerprint density at radius 1 is 1.11 bits per heavy atom. The summed E-state index contributed by atoms with van der Waals surface area (Å²) in [6.45, 7) is 9.32. The molecule has 5 heteroatoms. The predicted molar refractivity (Wildman–Crippen MR) is 139 cm³/mol. The molecule has 11 atom stereocenters. The van der Waals surface area contributed by atoms with Crippen LogP contribution in [-0.4, -0.2) is 35.9 Å². The smallest absolute Gasteiger partial charge is 0.303 e. The molecule has 4 saturated carbocycles. The molecule has 1 heterocycles. The second kappa shape index (κ2) is 10.3. The van der Waals surface area contributed by atoms with E-state index in [0.717, 1.165) is 70.8 Å². The second-order valence-corrected chi connectivity index (χ2v) is 13.5. The van der Waals surface area contributed by atoms with Crippen molar-refractivity contribution in [3.8, 4) is 0 Å². The zero-order valence-corrected chi connectivity index (χ0v) is 23.0. The number of ketones is 1. The quantitative estimate of drug-likeness (QED) is 0.383. The van der Waals surface area contributed by atoms with Crippen LogP contribution < -0.4 is 0 Å². The van der Waals surface area contributed by atoms with Crippen molar-refractivity contribution in [2.24, 2.45) is 52.3 Å². The number of carboxylic acids is 1. The third-order valence-electron chi connectivity index (χ3n) is 11.9. The lowest BCUT2D eigenvalue weighted by Gasteiger charge is -2.62. The van der Waals surface area contributed by atoms with Crippen molar-refractivity contribution in [3.63, 3.8) is 0 Å². The van der Waals surface area contributed by atoms with Crippen LogP contribution in [0.25, 0.3) is 0 Å². The maximum atomic E-state index is 14.5. The molecule has 5 aliphatic rings. The van der Waals surface area contributed by atoms with Crippen LogP contribution in [0.5, 0.6) is 0 Å². The maximum absolute atomic E-state index is 14.5. The van der Waals surface area contributed by atoms with Crippen molar-refractivity contribution in [1.82, 2.24) is 0 Å². The minimum Gasteiger partial charge on any atom is -0.481 e. The Bertz CT molecular complexity index is 897. The molecule has 0 aromatic rings. The Morgan fingerprint density at radius 3 is 2.56 bits per heavy atom. The second-order valence-electron chi connectivity index (χ2n) is 13.5. The summed E-state index contributed by atoms with van der Waals surface area (Å²) in [5.74, 6) is 0.0950. The fraction of sp³-hybridized carbons (Fsp3) is 0.935. The van der Waals surface area contributed by atoms with Crippen LogP contribution in [0.2, 0.25) is 0 Å². The lowest BCUT2D eigenvalue weighted by molar-refractivity contribution is -0.216. The SMILES string of the molecule is [2H]C([2H])(C)C1C(=O)C2C3CC[C@H]([C@H](C)CCC(=O)O)[C@@]3(C)CCC2[C@@]2(C)CC[C@@H](OC3CCCCO3)C[C@@H]12. The topological polar surface area (TPSA) is 72.8 Å². The standard InChI is InChI=1S/C31H50O5/c1-5-21-25-18-20(36-27-8-6-7-17-35-27)13-15-31(25,4)24-14-16-30(3)22(19(2)9-12-26(32)33)10-11-23(30)28(24)29(21)34/h19-25,27-28H,5-18H2,1-4H3,(H,32,33)/t19-,20-,21?,22-,23?,24?,25+,27?,28?,30-,31-/m1/s1/i5D2. The third-order valence-corrected chi connectivity index (χ3v) is 11.9. The minimum atomic E-state index is -1.57. The number of carboxylic acid groups (broad SMARTS) is 1. The van der Waals surface area contributed by atoms with Gasteiger partial charge in [-0.05, 0) is 117 Å². The van der Waals surface area contributed by atoms with Gasteiger partial charge in [0.15, 0.2) is 6.29 Å². The number of Topliss-reactive ketones (excluding diaryl/α,β-unsaturated/α-hetero) is 1.